The molecule has 0 saturated carbocycles. The molecule has 120 valence electrons. The molecule has 6 heteroatoms. The van der Waals surface area contributed by atoms with Crippen LogP contribution in [0.5, 0.6) is 11.5 Å². The maximum absolute atomic E-state index is 12.6. The summed E-state index contributed by atoms with van der Waals surface area (Å²) in [5.74, 6) is 0.831. The summed E-state index contributed by atoms with van der Waals surface area (Å²) in [6.45, 7) is 0.199. The molecule has 1 amide bonds. The highest BCUT2D eigenvalue weighted by Crippen LogP contribution is 2.32. The Morgan fingerprint density at radius 3 is 2.67 bits per heavy atom. The molecule has 5 nitrogen and oxygen atoms in total. The van der Waals surface area contributed by atoms with Gasteiger partial charge >= 0.3 is 0 Å². The molecule has 0 bridgehead atoms. The van der Waals surface area contributed by atoms with Crippen molar-refractivity contribution in [3.63, 3.8) is 0 Å². The van der Waals surface area contributed by atoms with Crippen LogP contribution >= 0.6 is 11.6 Å². The van der Waals surface area contributed by atoms with E-state index in [1.807, 2.05) is 6.07 Å². The second-order valence-corrected chi connectivity index (χ2v) is 5.96. The van der Waals surface area contributed by atoms with Crippen LogP contribution in [0.15, 0.2) is 42.0 Å². The molecule has 2 aromatic rings. The number of rotatable bonds is 1. The molecule has 2 heterocycles. The van der Waals surface area contributed by atoms with Gasteiger partial charge in [0.15, 0.2) is 12.4 Å². The molecular formula is C18H12ClNO4. The Kier molecular flexibility index (Phi) is 3.50. The molecule has 0 unspecified atom stereocenters. The van der Waals surface area contributed by atoms with Gasteiger partial charge in [-0.05, 0) is 42.0 Å². The van der Waals surface area contributed by atoms with Gasteiger partial charge in [0.2, 0.25) is 0 Å². The lowest BCUT2D eigenvalue weighted by atomic mass is 9.98. The number of hydrogen-bond acceptors (Lipinski definition) is 4. The van der Waals surface area contributed by atoms with Gasteiger partial charge < -0.3 is 14.8 Å². The zero-order valence-corrected chi connectivity index (χ0v) is 13.2. The van der Waals surface area contributed by atoms with E-state index in [0.29, 0.717) is 33.3 Å². The van der Waals surface area contributed by atoms with Crippen LogP contribution in [0.4, 0.5) is 5.69 Å². The fourth-order valence-corrected chi connectivity index (χ4v) is 2.87. The SMILES string of the molecule is O=C1COc2ccc(/C=C3/COc4ccc(Cl)cc4C3=O)cc2N1. The van der Waals surface area contributed by atoms with E-state index in [9.17, 15) is 9.59 Å². The smallest absolute Gasteiger partial charge is 0.262 e. The first-order chi connectivity index (χ1) is 11.6. The fraction of sp³-hybridized carbons (Fsp3) is 0.111. The average molecular weight is 342 g/mol. The van der Waals surface area contributed by atoms with Crippen LogP contribution in [0.25, 0.3) is 6.08 Å². The first kappa shape index (κ1) is 14.8. The Morgan fingerprint density at radius 1 is 1.00 bits per heavy atom. The lowest BCUT2D eigenvalue weighted by Gasteiger charge is -2.20. The van der Waals surface area contributed by atoms with E-state index in [1.54, 1.807) is 36.4 Å². The second-order valence-electron chi connectivity index (χ2n) is 5.52. The van der Waals surface area contributed by atoms with Crippen molar-refractivity contribution in [2.24, 2.45) is 0 Å². The van der Waals surface area contributed by atoms with Crippen LogP contribution in [-0.4, -0.2) is 24.9 Å². The van der Waals surface area contributed by atoms with Gasteiger partial charge in [0.1, 0.15) is 18.1 Å². The van der Waals surface area contributed by atoms with Crippen molar-refractivity contribution in [1.29, 1.82) is 0 Å². The van der Waals surface area contributed by atoms with Crippen LogP contribution in [-0.2, 0) is 4.79 Å². The molecule has 1 N–H and O–H groups in total. The van der Waals surface area contributed by atoms with Crippen LogP contribution in [0, 0.1) is 0 Å². The van der Waals surface area contributed by atoms with E-state index in [4.69, 9.17) is 21.1 Å². The molecule has 0 aromatic heterocycles. The number of amides is 1. The standard InChI is InChI=1S/C18H12ClNO4/c19-12-2-4-15-13(7-12)18(22)11(8-23-15)5-10-1-3-16-14(6-10)20-17(21)9-24-16/h1-7H,8-9H2,(H,20,21)/b11-5-. The number of ketones is 1. The molecule has 0 atom stereocenters. The summed E-state index contributed by atoms with van der Waals surface area (Å²) in [6.07, 6.45) is 1.74. The third kappa shape index (κ3) is 2.63. The van der Waals surface area contributed by atoms with Gasteiger partial charge in [0.05, 0.1) is 11.3 Å². The van der Waals surface area contributed by atoms with Gasteiger partial charge in [0, 0.05) is 10.6 Å². The number of ether oxygens (including phenoxy) is 2. The van der Waals surface area contributed by atoms with Gasteiger partial charge in [0.25, 0.3) is 5.91 Å². The topological polar surface area (TPSA) is 64.6 Å². The number of anilines is 1. The first-order valence-electron chi connectivity index (χ1n) is 7.34. The summed E-state index contributed by atoms with van der Waals surface area (Å²) in [4.78, 5) is 24.0. The van der Waals surface area contributed by atoms with E-state index in [2.05, 4.69) is 5.32 Å². The summed E-state index contributed by atoms with van der Waals surface area (Å²) in [6, 6.07) is 10.3. The van der Waals surface area contributed by atoms with E-state index >= 15 is 0 Å². The van der Waals surface area contributed by atoms with Crippen molar-refractivity contribution in [2.75, 3.05) is 18.5 Å². The van der Waals surface area contributed by atoms with Gasteiger partial charge in [-0.3, -0.25) is 9.59 Å². The molecule has 0 spiro atoms. The predicted molar refractivity (Wildman–Crippen MR) is 89.8 cm³/mol. The number of carbonyl (C=O) groups excluding carboxylic acids is 2. The normalized spacial score (nSPS) is 17.5. The van der Waals surface area contributed by atoms with Crippen molar-refractivity contribution in [1.82, 2.24) is 0 Å². The Labute approximate surface area is 142 Å². The molecule has 2 aliphatic heterocycles. The average Bonchev–Trinajstić information content (AvgIpc) is 2.57. The maximum Gasteiger partial charge on any atom is 0.262 e. The molecular weight excluding hydrogens is 330 g/mol. The lowest BCUT2D eigenvalue weighted by molar-refractivity contribution is -0.118. The van der Waals surface area contributed by atoms with Gasteiger partial charge in [-0.1, -0.05) is 17.7 Å². The second kappa shape index (κ2) is 5.69. The van der Waals surface area contributed by atoms with Crippen LogP contribution in [0.1, 0.15) is 15.9 Å². The number of halogens is 1. The van der Waals surface area contributed by atoms with Crippen molar-refractivity contribution in [3.8, 4) is 11.5 Å². The molecule has 0 aliphatic carbocycles. The Morgan fingerprint density at radius 2 is 1.79 bits per heavy atom. The van der Waals surface area contributed by atoms with Crippen molar-refractivity contribution in [2.45, 2.75) is 0 Å². The molecule has 2 aliphatic rings. The van der Waals surface area contributed by atoms with Gasteiger partial charge in [-0.2, -0.15) is 0 Å². The van der Waals surface area contributed by atoms with E-state index < -0.39 is 0 Å². The summed E-state index contributed by atoms with van der Waals surface area (Å²) in [5.41, 5.74) is 2.34. The van der Waals surface area contributed by atoms with Crippen molar-refractivity contribution < 1.29 is 19.1 Å². The number of Topliss-reactive ketones (excluding diaryl/α,β-unsaturated/α-hetero) is 1. The number of hydrogen-bond donors (Lipinski definition) is 1. The monoisotopic (exact) mass is 341 g/mol. The molecule has 0 saturated heterocycles. The molecule has 0 fully saturated rings. The van der Waals surface area contributed by atoms with Crippen molar-refractivity contribution in [3.05, 3.63) is 58.1 Å². The highest BCUT2D eigenvalue weighted by Gasteiger charge is 2.24. The van der Waals surface area contributed by atoms with Gasteiger partial charge in [-0.15, -0.1) is 0 Å². The summed E-state index contributed by atoms with van der Waals surface area (Å²) < 4.78 is 10.9. The Balaban J connectivity index is 1.68. The molecule has 2 aromatic carbocycles. The summed E-state index contributed by atoms with van der Waals surface area (Å²) in [7, 11) is 0. The van der Waals surface area contributed by atoms with Crippen molar-refractivity contribution >= 4 is 35.1 Å². The van der Waals surface area contributed by atoms with Crippen LogP contribution in [0.3, 0.4) is 0 Å². The third-order valence-corrected chi connectivity index (χ3v) is 4.07. The zero-order chi connectivity index (χ0) is 16.7. The van der Waals surface area contributed by atoms with Gasteiger partial charge in [-0.25, -0.2) is 0 Å². The van der Waals surface area contributed by atoms with Crippen LogP contribution in [0.2, 0.25) is 5.02 Å². The lowest BCUT2D eigenvalue weighted by Crippen LogP contribution is -2.25. The minimum absolute atomic E-state index is 0.0112. The van der Waals surface area contributed by atoms with Crippen LogP contribution < -0.4 is 14.8 Å². The number of benzene rings is 2. The third-order valence-electron chi connectivity index (χ3n) is 3.84. The number of nitrogens with one attached hydrogen (secondary N) is 1. The quantitative estimate of drug-likeness (QED) is 0.808. The molecule has 24 heavy (non-hydrogen) atoms. The maximum atomic E-state index is 12.6. The van der Waals surface area contributed by atoms with E-state index in [0.717, 1.165) is 5.56 Å². The van der Waals surface area contributed by atoms with E-state index in [-0.39, 0.29) is 24.9 Å². The highest BCUT2D eigenvalue weighted by atomic mass is 35.5. The first-order valence-corrected chi connectivity index (χ1v) is 7.72. The summed E-state index contributed by atoms with van der Waals surface area (Å²) in [5, 5.41) is 3.23. The summed E-state index contributed by atoms with van der Waals surface area (Å²) >= 11 is 5.96. The minimum atomic E-state index is -0.201. The number of carbonyl (C=O) groups is 2. The minimum Gasteiger partial charge on any atom is -0.488 e. The largest absolute Gasteiger partial charge is 0.488 e. The Bertz CT molecular complexity index is 904. The fourth-order valence-electron chi connectivity index (χ4n) is 2.70. The predicted octanol–water partition coefficient (Wildman–Crippen LogP) is 3.33. The number of fused-ring (bicyclic) bond motifs is 2. The molecule has 0 radical (unpaired) electrons. The molecule has 4 rings (SSSR count). The highest BCUT2D eigenvalue weighted by molar-refractivity contribution is 6.31. The van der Waals surface area contributed by atoms with E-state index in [1.165, 1.54) is 0 Å². The Hall–Kier alpha value is -2.79. The zero-order valence-electron chi connectivity index (χ0n) is 12.5.